The summed E-state index contributed by atoms with van der Waals surface area (Å²) in [5, 5.41) is 6.94. The molecule has 1 heterocycles. The van der Waals surface area contributed by atoms with Crippen molar-refractivity contribution in [3.8, 4) is 0 Å². The van der Waals surface area contributed by atoms with Crippen LogP contribution in [0.5, 0.6) is 0 Å². The minimum atomic E-state index is 0. The lowest BCUT2D eigenvalue weighted by molar-refractivity contribution is 0.141. The molecule has 1 fully saturated rings. The van der Waals surface area contributed by atoms with Gasteiger partial charge in [-0.15, -0.1) is 24.0 Å². The zero-order valence-electron chi connectivity index (χ0n) is 17.0. The number of guanidine groups is 1. The molecule has 0 spiro atoms. The summed E-state index contributed by atoms with van der Waals surface area (Å²) in [6.07, 6.45) is 6.07. The van der Waals surface area contributed by atoms with Crippen LogP contribution in [0.1, 0.15) is 44.6 Å². The molecule has 0 saturated carbocycles. The third-order valence-electron chi connectivity index (χ3n) is 4.92. The average molecular weight is 488 g/mol. The number of ether oxygens (including phenoxy) is 1. The Bertz CT molecular complexity index is 512. The summed E-state index contributed by atoms with van der Waals surface area (Å²) >= 11 is 0. The molecule has 0 bridgehead atoms. The van der Waals surface area contributed by atoms with Crippen molar-refractivity contribution >= 4 is 29.9 Å². The van der Waals surface area contributed by atoms with Gasteiger partial charge in [-0.3, -0.25) is 9.89 Å². The fourth-order valence-corrected chi connectivity index (χ4v) is 3.43. The Hall–Kier alpha value is -0.860. The lowest BCUT2D eigenvalue weighted by Crippen LogP contribution is -2.48. The van der Waals surface area contributed by atoms with E-state index in [0.717, 1.165) is 51.6 Å². The second-order valence-electron chi connectivity index (χ2n) is 6.89. The smallest absolute Gasteiger partial charge is 0.191 e. The van der Waals surface area contributed by atoms with Gasteiger partial charge in [0.15, 0.2) is 5.96 Å². The number of unbranched alkanes of at least 4 members (excludes halogenated alkanes) is 1. The van der Waals surface area contributed by atoms with Gasteiger partial charge >= 0.3 is 0 Å². The number of nitrogens with one attached hydrogen (secondary N) is 2. The van der Waals surface area contributed by atoms with Gasteiger partial charge in [-0.2, -0.15) is 0 Å². The quantitative estimate of drug-likeness (QED) is 0.229. The predicted octanol–water partition coefficient (Wildman–Crippen LogP) is 3.64. The van der Waals surface area contributed by atoms with Crippen molar-refractivity contribution in [3.63, 3.8) is 0 Å². The molecule has 2 rings (SSSR count). The molecule has 1 atom stereocenters. The van der Waals surface area contributed by atoms with E-state index in [4.69, 9.17) is 4.74 Å². The van der Waals surface area contributed by atoms with Gasteiger partial charge in [-0.05, 0) is 44.7 Å². The van der Waals surface area contributed by atoms with Gasteiger partial charge in [0.1, 0.15) is 0 Å². The van der Waals surface area contributed by atoms with Gasteiger partial charge in [0.2, 0.25) is 0 Å². The molecule has 2 N–H and O–H groups in total. The lowest BCUT2D eigenvalue weighted by atomic mass is 10.0. The summed E-state index contributed by atoms with van der Waals surface area (Å²) in [4.78, 5) is 6.97. The van der Waals surface area contributed by atoms with Crippen LogP contribution >= 0.6 is 24.0 Å². The number of nitrogens with zero attached hydrogens (tertiary/aromatic N) is 2. The van der Waals surface area contributed by atoms with Crippen molar-refractivity contribution in [2.24, 2.45) is 4.99 Å². The minimum Gasteiger partial charge on any atom is -0.382 e. The predicted molar refractivity (Wildman–Crippen MR) is 125 cm³/mol. The van der Waals surface area contributed by atoms with Crippen LogP contribution < -0.4 is 10.6 Å². The Kier molecular flexibility index (Phi) is 13.5. The van der Waals surface area contributed by atoms with Crippen LogP contribution in [0.2, 0.25) is 0 Å². The molecule has 1 saturated heterocycles. The van der Waals surface area contributed by atoms with E-state index in [9.17, 15) is 0 Å². The standard InChI is InChI=1S/C21H36N4O.HI/c1-3-26-16-10-8-14-23-21(22-2)24-17-20-13-7-9-15-25(20)18-19-11-5-4-6-12-19;/h4-6,11-12,20H,3,7-10,13-18H2,1-2H3,(H2,22,23,24);1H. The molecular weight excluding hydrogens is 451 g/mol. The van der Waals surface area contributed by atoms with Gasteiger partial charge < -0.3 is 15.4 Å². The highest BCUT2D eigenvalue weighted by molar-refractivity contribution is 14.0. The van der Waals surface area contributed by atoms with E-state index in [1.54, 1.807) is 0 Å². The number of piperidine rings is 1. The first kappa shape index (κ1) is 24.2. The number of aliphatic imine (C=N–C) groups is 1. The van der Waals surface area contributed by atoms with E-state index in [0.29, 0.717) is 6.04 Å². The van der Waals surface area contributed by atoms with Gasteiger partial charge in [-0.25, -0.2) is 0 Å². The average Bonchev–Trinajstić information content (AvgIpc) is 2.69. The second-order valence-corrected chi connectivity index (χ2v) is 6.89. The highest BCUT2D eigenvalue weighted by atomic mass is 127. The second kappa shape index (κ2) is 15.1. The summed E-state index contributed by atoms with van der Waals surface area (Å²) in [6.45, 7) is 7.80. The van der Waals surface area contributed by atoms with E-state index in [2.05, 4.69) is 50.9 Å². The maximum Gasteiger partial charge on any atom is 0.191 e. The molecule has 0 aromatic heterocycles. The molecule has 1 unspecified atom stereocenters. The van der Waals surface area contributed by atoms with Crippen LogP contribution in [0.3, 0.4) is 0 Å². The van der Waals surface area contributed by atoms with E-state index < -0.39 is 0 Å². The summed E-state index contributed by atoms with van der Waals surface area (Å²) in [5.41, 5.74) is 1.40. The molecule has 5 nitrogen and oxygen atoms in total. The Morgan fingerprint density at radius 2 is 2.00 bits per heavy atom. The van der Waals surface area contributed by atoms with Crippen molar-refractivity contribution in [3.05, 3.63) is 35.9 Å². The maximum atomic E-state index is 5.38. The van der Waals surface area contributed by atoms with Crippen molar-refractivity contribution in [1.29, 1.82) is 0 Å². The highest BCUT2D eigenvalue weighted by Crippen LogP contribution is 2.19. The molecule has 1 aromatic rings. The molecule has 1 aliphatic heterocycles. The largest absolute Gasteiger partial charge is 0.382 e. The molecule has 0 radical (unpaired) electrons. The maximum absolute atomic E-state index is 5.38. The minimum absolute atomic E-state index is 0. The highest BCUT2D eigenvalue weighted by Gasteiger charge is 2.22. The van der Waals surface area contributed by atoms with Crippen LogP contribution in [-0.2, 0) is 11.3 Å². The zero-order valence-corrected chi connectivity index (χ0v) is 19.3. The fraction of sp³-hybridized carbons (Fsp3) is 0.667. The van der Waals surface area contributed by atoms with Gasteiger partial charge in [0, 0.05) is 45.9 Å². The van der Waals surface area contributed by atoms with Crippen molar-refractivity contribution in [2.45, 2.75) is 51.6 Å². The Morgan fingerprint density at radius 1 is 1.19 bits per heavy atom. The van der Waals surface area contributed by atoms with E-state index in [-0.39, 0.29) is 24.0 Å². The monoisotopic (exact) mass is 488 g/mol. The summed E-state index contributed by atoms with van der Waals surface area (Å²) in [7, 11) is 1.85. The van der Waals surface area contributed by atoms with Gasteiger partial charge in [0.05, 0.1) is 0 Å². The van der Waals surface area contributed by atoms with E-state index in [1.165, 1.54) is 31.4 Å². The number of likely N-dealkylation sites (tertiary alicyclic amines) is 1. The van der Waals surface area contributed by atoms with Crippen LogP contribution in [0.4, 0.5) is 0 Å². The van der Waals surface area contributed by atoms with Crippen LogP contribution in [0, 0.1) is 0 Å². The number of hydrogen-bond donors (Lipinski definition) is 2. The summed E-state index contributed by atoms with van der Waals surface area (Å²) < 4.78 is 5.38. The summed E-state index contributed by atoms with van der Waals surface area (Å²) in [6, 6.07) is 11.4. The first-order valence-corrected chi connectivity index (χ1v) is 10.1. The first-order chi connectivity index (χ1) is 12.8. The van der Waals surface area contributed by atoms with E-state index >= 15 is 0 Å². The van der Waals surface area contributed by atoms with Gasteiger partial charge in [-0.1, -0.05) is 36.8 Å². The normalized spacial score (nSPS) is 18.0. The van der Waals surface area contributed by atoms with Crippen LogP contribution in [-0.4, -0.2) is 56.8 Å². The first-order valence-electron chi connectivity index (χ1n) is 10.1. The molecular formula is C21H37IN4O. The zero-order chi connectivity index (χ0) is 18.5. The molecule has 0 amide bonds. The third kappa shape index (κ3) is 9.76. The molecule has 154 valence electrons. The Morgan fingerprint density at radius 3 is 2.74 bits per heavy atom. The number of benzene rings is 1. The number of halogens is 1. The SMILES string of the molecule is CCOCCCCNC(=NC)NCC1CCCCN1Cc1ccccc1.I. The number of rotatable bonds is 10. The van der Waals surface area contributed by atoms with Crippen molar-refractivity contribution in [1.82, 2.24) is 15.5 Å². The topological polar surface area (TPSA) is 48.9 Å². The Labute approximate surface area is 182 Å². The number of hydrogen-bond acceptors (Lipinski definition) is 3. The molecule has 0 aliphatic carbocycles. The Balaban J connectivity index is 0.00000364. The van der Waals surface area contributed by atoms with Crippen LogP contribution in [0.25, 0.3) is 0 Å². The summed E-state index contributed by atoms with van der Waals surface area (Å²) in [5.74, 6) is 0.909. The molecule has 1 aromatic carbocycles. The molecule has 1 aliphatic rings. The fourth-order valence-electron chi connectivity index (χ4n) is 3.43. The van der Waals surface area contributed by atoms with Crippen molar-refractivity contribution in [2.75, 3.05) is 39.9 Å². The molecule has 27 heavy (non-hydrogen) atoms. The van der Waals surface area contributed by atoms with Crippen molar-refractivity contribution < 1.29 is 4.74 Å². The van der Waals surface area contributed by atoms with Gasteiger partial charge in [0.25, 0.3) is 0 Å². The van der Waals surface area contributed by atoms with Crippen LogP contribution in [0.15, 0.2) is 35.3 Å². The third-order valence-corrected chi connectivity index (χ3v) is 4.92. The van der Waals surface area contributed by atoms with E-state index in [1.807, 2.05) is 14.0 Å². The lowest BCUT2D eigenvalue weighted by Gasteiger charge is -2.36. The molecule has 6 heteroatoms.